The molecular formula is C32H34FNO5. The molecule has 6 nitrogen and oxygen atoms in total. The molecule has 3 aromatic rings. The van der Waals surface area contributed by atoms with Crippen molar-refractivity contribution < 1.29 is 28.6 Å². The maximum Gasteiger partial charge on any atom is 0.295 e. The van der Waals surface area contributed by atoms with Crippen molar-refractivity contribution >= 4 is 17.4 Å². The molecule has 1 amide bonds. The highest BCUT2D eigenvalue weighted by molar-refractivity contribution is 6.46. The number of carbonyl (C=O) groups is 2. The Bertz CT molecular complexity index is 1350. The van der Waals surface area contributed by atoms with E-state index in [1.54, 1.807) is 60.7 Å². The van der Waals surface area contributed by atoms with Gasteiger partial charge in [0, 0.05) is 12.1 Å². The Balaban J connectivity index is 1.73. The first-order valence-electron chi connectivity index (χ1n) is 13.2. The molecule has 0 radical (unpaired) electrons. The monoisotopic (exact) mass is 531 g/mol. The predicted octanol–water partition coefficient (Wildman–Crippen LogP) is 6.31. The smallest absolute Gasteiger partial charge is 0.295 e. The molecule has 1 N–H and O–H groups in total. The standard InChI is InChI=1S/C32H34FNO5/c1-20(2)19-38-27-7-5-6-24(18-27)30(35)28-29(23-10-14-26(15-11-23)39-21(3)4)34(32(37)31(28)36)17-16-22-8-12-25(33)13-9-22/h5-15,18,20-21,29,35H,16-17,19H2,1-4H3/b30-28-. The van der Waals surface area contributed by atoms with E-state index in [1.807, 2.05) is 27.7 Å². The zero-order valence-electron chi connectivity index (χ0n) is 22.7. The highest BCUT2D eigenvalue weighted by atomic mass is 19.1. The van der Waals surface area contributed by atoms with Crippen molar-refractivity contribution in [2.45, 2.75) is 46.3 Å². The van der Waals surface area contributed by atoms with Crippen LogP contribution >= 0.6 is 0 Å². The van der Waals surface area contributed by atoms with Gasteiger partial charge in [-0.25, -0.2) is 4.39 Å². The van der Waals surface area contributed by atoms with E-state index in [0.717, 1.165) is 5.56 Å². The second-order valence-electron chi connectivity index (χ2n) is 10.3. The number of halogens is 1. The van der Waals surface area contributed by atoms with Gasteiger partial charge in [-0.2, -0.15) is 0 Å². The Hall–Kier alpha value is -4.13. The van der Waals surface area contributed by atoms with Crippen LogP contribution in [0.25, 0.3) is 5.76 Å². The lowest BCUT2D eigenvalue weighted by molar-refractivity contribution is -0.139. The number of likely N-dealkylation sites (tertiary alicyclic amines) is 1. The van der Waals surface area contributed by atoms with E-state index >= 15 is 0 Å². The Labute approximate surface area is 228 Å². The SMILES string of the molecule is CC(C)COc1cccc(/C(O)=C2/C(=O)C(=O)N(CCc3ccc(F)cc3)C2c2ccc(OC(C)C)cc2)c1. The van der Waals surface area contributed by atoms with Crippen LogP contribution < -0.4 is 9.47 Å². The molecule has 0 aromatic heterocycles. The second-order valence-corrected chi connectivity index (χ2v) is 10.3. The molecule has 1 saturated heterocycles. The van der Waals surface area contributed by atoms with Crippen LogP contribution in [0.4, 0.5) is 4.39 Å². The lowest BCUT2D eigenvalue weighted by Crippen LogP contribution is -2.31. The van der Waals surface area contributed by atoms with E-state index < -0.39 is 17.7 Å². The fourth-order valence-corrected chi connectivity index (χ4v) is 4.51. The normalized spacial score (nSPS) is 16.8. The minimum atomic E-state index is -0.807. The molecule has 1 fully saturated rings. The van der Waals surface area contributed by atoms with Crippen molar-refractivity contribution in [3.05, 3.63) is 101 Å². The number of nitrogens with zero attached hydrogens (tertiary/aromatic N) is 1. The van der Waals surface area contributed by atoms with Gasteiger partial charge in [-0.1, -0.05) is 50.2 Å². The topological polar surface area (TPSA) is 76.1 Å². The highest BCUT2D eigenvalue weighted by Crippen LogP contribution is 2.40. The number of ether oxygens (including phenoxy) is 2. The molecule has 1 atom stereocenters. The third kappa shape index (κ3) is 6.66. The third-order valence-corrected chi connectivity index (χ3v) is 6.35. The first-order chi connectivity index (χ1) is 18.6. The van der Waals surface area contributed by atoms with Crippen LogP contribution in [0.5, 0.6) is 11.5 Å². The van der Waals surface area contributed by atoms with E-state index in [-0.39, 0.29) is 29.8 Å². The number of aliphatic hydroxyl groups is 1. The Morgan fingerprint density at radius 3 is 2.28 bits per heavy atom. The molecule has 7 heteroatoms. The Kier molecular flexibility index (Phi) is 8.69. The molecule has 39 heavy (non-hydrogen) atoms. The van der Waals surface area contributed by atoms with E-state index in [0.29, 0.717) is 41.6 Å². The summed E-state index contributed by atoms with van der Waals surface area (Å²) < 4.78 is 25.0. The number of carbonyl (C=O) groups excluding carboxylic acids is 2. The fourth-order valence-electron chi connectivity index (χ4n) is 4.51. The van der Waals surface area contributed by atoms with Gasteiger partial charge < -0.3 is 19.5 Å². The van der Waals surface area contributed by atoms with Crippen LogP contribution in [0.2, 0.25) is 0 Å². The minimum Gasteiger partial charge on any atom is -0.507 e. The predicted molar refractivity (Wildman–Crippen MR) is 148 cm³/mol. The first-order valence-corrected chi connectivity index (χ1v) is 13.2. The van der Waals surface area contributed by atoms with Crippen LogP contribution in [-0.4, -0.2) is 41.0 Å². The molecule has 1 aliphatic rings. The van der Waals surface area contributed by atoms with Gasteiger partial charge in [0.15, 0.2) is 0 Å². The van der Waals surface area contributed by atoms with Crippen molar-refractivity contribution in [3.8, 4) is 11.5 Å². The number of hydrogen-bond acceptors (Lipinski definition) is 5. The van der Waals surface area contributed by atoms with Gasteiger partial charge in [0.2, 0.25) is 0 Å². The summed E-state index contributed by atoms with van der Waals surface area (Å²) in [5.74, 6) is -0.526. The highest BCUT2D eigenvalue weighted by Gasteiger charge is 2.45. The summed E-state index contributed by atoms with van der Waals surface area (Å²) in [6, 6.07) is 19.3. The number of aliphatic hydroxyl groups excluding tert-OH is 1. The summed E-state index contributed by atoms with van der Waals surface area (Å²) in [4.78, 5) is 28.1. The van der Waals surface area contributed by atoms with E-state index in [4.69, 9.17) is 9.47 Å². The minimum absolute atomic E-state index is 0.0117. The van der Waals surface area contributed by atoms with Crippen LogP contribution in [0.1, 0.15) is 50.4 Å². The van der Waals surface area contributed by atoms with Crippen molar-refractivity contribution in [2.24, 2.45) is 5.92 Å². The van der Waals surface area contributed by atoms with Gasteiger partial charge in [0.25, 0.3) is 11.7 Å². The zero-order valence-corrected chi connectivity index (χ0v) is 22.7. The summed E-state index contributed by atoms with van der Waals surface area (Å²) in [6.45, 7) is 8.64. The summed E-state index contributed by atoms with van der Waals surface area (Å²) in [5.41, 5.74) is 1.89. The van der Waals surface area contributed by atoms with Crippen molar-refractivity contribution in [3.63, 3.8) is 0 Å². The molecule has 4 rings (SSSR count). The zero-order chi connectivity index (χ0) is 28.1. The number of ketones is 1. The largest absolute Gasteiger partial charge is 0.507 e. The average molecular weight is 532 g/mol. The number of rotatable bonds is 10. The molecular weight excluding hydrogens is 497 g/mol. The van der Waals surface area contributed by atoms with Gasteiger partial charge in [0.05, 0.1) is 24.3 Å². The number of benzene rings is 3. The lowest BCUT2D eigenvalue weighted by Gasteiger charge is -2.25. The molecule has 1 aliphatic heterocycles. The summed E-state index contributed by atoms with van der Waals surface area (Å²) in [7, 11) is 0. The number of hydrogen-bond donors (Lipinski definition) is 1. The molecule has 0 aliphatic carbocycles. The van der Waals surface area contributed by atoms with E-state index in [2.05, 4.69) is 0 Å². The summed E-state index contributed by atoms with van der Waals surface area (Å²) in [6.07, 6.45) is 0.402. The lowest BCUT2D eigenvalue weighted by atomic mass is 9.95. The van der Waals surface area contributed by atoms with E-state index in [9.17, 15) is 19.1 Å². The first kappa shape index (κ1) is 27.9. The molecule has 1 heterocycles. The molecule has 204 valence electrons. The second kappa shape index (κ2) is 12.2. The van der Waals surface area contributed by atoms with Crippen LogP contribution in [-0.2, 0) is 16.0 Å². The number of Topliss-reactive ketones (excluding diaryl/α,β-unsaturated/α-hetero) is 1. The fraction of sp³-hybridized carbons (Fsp3) is 0.312. The van der Waals surface area contributed by atoms with Crippen LogP contribution in [0.3, 0.4) is 0 Å². The Morgan fingerprint density at radius 2 is 1.64 bits per heavy atom. The van der Waals surface area contributed by atoms with Gasteiger partial charge in [-0.15, -0.1) is 0 Å². The molecule has 0 spiro atoms. The van der Waals surface area contributed by atoms with Gasteiger partial charge >= 0.3 is 0 Å². The van der Waals surface area contributed by atoms with Gasteiger partial charge in [-0.05, 0) is 73.7 Å². The van der Waals surface area contributed by atoms with Crippen molar-refractivity contribution in [1.82, 2.24) is 4.90 Å². The maximum atomic E-state index is 13.4. The van der Waals surface area contributed by atoms with Gasteiger partial charge in [0.1, 0.15) is 23.1 Å². The summed E-state index contributed by atoms with van der Waals surface area (Å²) in [5, 5.41) is 11.4. The van der Waals surface area contributed by atoms with Crippen molar-refractivity contribution in [2.75, 3.05) is 13.2 Å². The van der Waals surface area contributed by atoms with Crippen LogP contribution in [0, 0.1) is 11.7 Å². The van der Waals surface area contributed by atoms with Gasteiger partial charge in [-0.3, -0.25) is 9.59 Å². The maximum absolute atomic E-state index is 13.4. The quantitative estimate of drug-likeness (QED) is 0.188. The molecule has 0 bridgehead atoms. The molecule has 1 unspecified atom stereocenters. The van der Waals surface area contributed by atoms with Crippen molar-refractivity contribution in [1.29, 1.82) is 0 Å². The Morgan fingerprint density at radius 1 is 0.949 bits per heavy atom. The number of amides is 1. The average Bonchev–Trinajstić information content (AvgIpc) is 3.16. The van der Waals surface area contributed by atoms with Crippen LogP contribution in [0.15, 0.2) is 78.4 Å². The molecule has 3 aromatic carbocycles. The summed E-state index contributed by atoms with van der Waals surface area (Å²) >= 11 is 0. The van der Waals surface area contributed by atoms with E-state index in [1.165, 1.54) is 17.0 Å². The third-order valence-electron chi connectivity index (χ3n) is 6.35. The molecule has 0 saturated carbocycles.